The standard InChI is InChI=1S/C16H22N2O7/c1-2-3-4-5-6-12(20)24-9-10-13(21)14(22)15(25-10)18-8-7-11(19)17-16(18)23/h3-4,7-8,10,13-15,21-22H,2,5-6,9H2,1H3,(H,17,19,23)/t10?,13?,14?,15-/m1/s1. The van der Waals surface area contributed by atoms with Gasteiger partial charge in [-0.3, -0.25) is 19.1 Å². The maximum atomic E-state index is 11.8. The summed E-state index contributed by atoms with van der Waals surface area (Å²) < 4.78 is 11.4. The van der Waals surface area contributed by atoms with Gasteiger partial charge in [-0.15, -0.1) is 0 Å². The highest BCUT2D eigenvalue weighted by Crippen LogP contribution is 2.28. The molecule has 0 amide bonds. The van der Waals surface area contributed by atoms with Gasteiger partial charge in [0.1, 0.15) is 24.9 Å². The zero-order valence-electron chi connectivity index (χ0n) is 13.8. The molecule has 9 heteroatoms. The lowest BCUT2D eigenvalue weighted by atomic mass is 10.1. The maximum Gasteiger partial charge on any atom is 0.330 e. The van der Waals surface area contributed by atoms with E-state index in [1.54, 1.807) is 0 Å². The van der Waals surface area contributed by atoms with Crippen LogP contribution in [0.1, 0.15) is 32.4 Å². The highest BCUT2D eigenvalue weighted by atomic mass is 16.6. The number of ether oxygens (including phenoxy) is 2. The normalized spacial score (nSPS) is 26.2. The van der Waals surface area contributed by atoms with Gasteiger partial charge in [0, 0.05) is 18.7 Å². The summed E-state index contributed by atoms with van der Waals surface area (Å²) >= 11 is 0. The van der Waals surface area contributed by atoms with Crippen LogP contribution in [0.25, 0.3) is 0 Å². The second kappa shape index (κ2) is 8.75. The lowest BCUT2D eigenvalue weighted by Gasteiger charge is -2.16. The van der Waals surface area contributed by atoms with Crippen molar-refractivity contribution in [1.29, 1.82) is 0 Å². The third-order valence-electron chi connectivity index (χ3n) is 3.79. The van der Waals surface area contributed by atoms with Gasteiger partial charge in [-0.05, 0) is 12.8 Å². The summed E-state index contributed by atoms with van der Waals surface area (Å²) in [5, 5.41) is 20.1. The van der Waals surface area contributed by atoms with Gasteiger partial charge in [0.15, 0.2) is 6.23 Å². The highest BCUT2D eigenvalue weighted by Gasteiger charge is 2.44. The SMILES string of the molecule is CCC=CCCC(=O)OCC1O[C@@H](n2ccc(=O)[nH]c2=O)C(O)C1O. The molecule has 138 valence electrons. The van der Waals surface area contributed by atoms with Crippen LogP contribution in [0.2, 0.25) is 0 Å². The minimum atomic E-state index is -1.40. The fraction of sp³-hybridized carbons (Fsp3) is 0.562. The molecule has 1 aliphatic heterocycles. The van der Waals surface area contributed by atoms with Gasteiger partial charge in [0.2, 0.25) is 0 Å². The van der Waals surface area contributed by atoms with E-state index in [0.717, 1.165) is 23.3 Å². The van der Waals surface area contributed by atoms with Crippen molar-refractivity contribution in [3.8, 4) is 0 Å². The second-order valence-corrected chi connectivity index (χ2v) is 5.67. The minimum absolute atomic E-state index is 0.199. The van der Waals surface area contributed by atoms with Crippen LogP contribution in [0.5, 0.6) is 0 Å². The zero-order valence-corrected chi connectivity index (χ0v) is 13.8. The van der Waals surface area contributed by atoms with Crippen LogP contribution in [-0.2, 0) is 14.3 Å². The molecule has 3 unspecified atom stereocenters. The van der Waals surface area contributed by atoms with Crippen LogP contribution >= 0.6 is 0 Å². The first-order valence-electron chi connectivity index (χ1n) is 8.07. The van der Waals surface area contributed by atoms with E-state index in [1.807, 2.05) is 24.1 Å². The van der Waals surface area contributed by atoms with Gasteiger partial charge in [-0.25, -0.2) is 4.79 Å². The molecule has 0 bridgehead atoms. The Morgan fingerprint density at radius 3 is 2.80 bits per heavy atom. The third kappa shape index (κ3) is 4.88. The number of esters is 1. The largest absolute Gasteiger partial charge is 0.463 e. The molecule has 0 aromatic carbocycles. The first-order chi connectivity index (χ1) is 11.9. The van der Waals surface area contributed by atoms with E-state index in [2.05, 4.69) is 0 Å². The predicted octanol–water partition coefficient (Wildman–Crippen LogP) is -0.555. The summed E-state index contributed by atoms with van der Waals surface area (Å²) in [7, 11) is 0. The number of allylic oxidation sites excluding steroid dienone is 2. The van der Waals surface area contributed by atoms with Crippen LogP contribution in [0.3, 0.4) is 0 Å². The molecule has 9 nitrogen and oxygen atoms in total. The Labute approximate surface area is 143 Å². The molecule has 25 heavy (non-hydrogen) atoms. The molecule has 1 aromatic heterocycles. The number of hydrogen-bond donors (Lipinski definition) is 3. The summed E-state index contributed by atoms with van der Waals surface area (Å²) in [6.45, 7) is 1.74. The summed E-state index contributed by atoms with van der Waals surface area (Å²) in [4.78, 5) is 36.5. The Morgan fingerprint density at radius 1 is 1.36 bits per heavy atom. The zero-order chi connectivity index (χ0) is 18.4. The fourth-order valence-electron chi connectivity index (χ4n) is 2.46. The van der Waals surface area contributed by atoms with Gasteiger partial charge >= 0.3 is 11.7 Å². The first-order valence-corrected chi connectivity index (χ1v) is 8.07. The Bertz CT molecular complexity index is 724. The predicted molar refractivity (Wildman–Crippen MR) is 86.9 cm³/mol. The van der Waals surface area contributed by atoms with Gasteiger partial charge < -0.3 is 19.7 Å². The number of carbonyl (C=O) groups is 1. The molecule has 4 atom stereocenters. The molecule has 0 spiro atoms. The van der Waals surface area contributed by atoms with Crippen molar-refractivity contribution in [3.63, 3.8) is 0 Å². The minimum Gasteiger partial charge on any atom is -0.463 e. The van der Waals surface area contributed by atoms with Gasteiger partial charge in [0.25, 0.3) is 5.56 Å². The number of hydrogen-bond acceptors (Lipinski definition) is 7. The number of aliphatic hydroxyl groups is 2. The average molecular weight is 354 g/mol. The van der Waals surface area contributed by atoms with Crippen LogP contribution in [0.15, 0.2) is 34.0 Å². The van der Waals surface area contributed by atoms with Crippen molar-refractivity contribution < 1.29 is 24.5 Å². The fourth-order valence-corrected chi connectivity index (χ4v) is 2.46. The second-order valence-electron chi connectivity index (χ2n) is 5.67. The van der Waals surface area contributed by atoms with Crippen molar-refractivity contribution in [3.05, 3.63) is 45.3 Å². The number of aromatic nitrogens is 2. The van der Waals surface area contributed by atoms with E-state index >= 15 is 0 Å². The average Bonchev–Trinajstić information content (AvgIpc) is 2.85. The van der Waals surface area contributed by atoms with E-state index in [4.69, 9.17) is 9.47 Å². The molecule has 1 fully saturated rings. The number of aromatic amines is 1. The molecular formula is C16H22N2O7. The molecule has 2 rings (SSSR count). The van der Waals surface area contributed by atoms with E-state index < -0.39 is 41.8 Å². The van der Waals surface area contributed by atoms with Crippen LogP contribution in [0, 0.1) is 0 Å². The Balaban J connectivity index is 1.93. The van der Waals surface area contributed by atoms with E-state index in [1.165, 1.54) is 0 Å². The van der Waals surface area contributed by atoms with Crippen LogP contribution in [0.4, 0.5) is 0 Å². The van der Waals surface area contributed by atoms with E-state index in [0.29, 0.717) is 6.42 Å². The third-order valence-corrected chi connectivity index (χ3v) is 3.79. The van der Waals surface area contributed by atoms with Gasteiger partial charge in [0.05, 0.1) is 0 Å². The summed E-state index contributed by atoms with van der Waals surface area (Å²) in [6, 6.07) is 1.10. The molecule has 0 radical (unpaired) electrons. The molecule has 0 aliphatic carbocycles. The van der Waals surface area contributed by atoms with Crippen molar-refractivity contribution in [2.24, 2.45) is 0 Å². The van der Waals surface area contributed by atoms with Crippen molar-refractivity contribution in [1.82, 2.24) is 9.55 Å². The topological polar surface area (TPSA) is 131 Å². The van der Waals surface area contributed by atoms with Crippen LogP contribution < -0.4 is 11.2 Å². The molecule has 1 saturated heterocycles. The number of aliphatic hydroxyl groups excluding tert-OH is 2. The van der Waals surface area contributed by atoms with Crippen molar-refractivity contribution in [2.45, 2.75) is 50.7 Å². The number of nitrogens with one attached hydrogen (secondary N) is 1. The van der Waals surface area contributed by atoms with Gasteiger partial charge in [-0.2, -0.15) is 0 Å². The number of carbonyl (C=O) groups excluding carboxylic acids is 1. The number of rotatable bonds is 7. The molecule has 3 N–H and O–H groups in total. The number of H-pyrrole nitrogens is 1. The lowest BCUT2D eigenvalue weighted by Crippen LogP contribution is -2.37. The first kappa shape index (κ1) is 19.1. The number of nitrogens with zero attached hydrogens (tertiary/aromatic N) is 1. The molecule has 1 aliphatic rings. The quantitative estimate of drug-likeness (QED) is 0.442. The van der Waals surface area contributed by atoms with Crippen LogP contribution in [-0.4, -0.2) is 50.7 Å². The lowest BCUT2D eigenvalue weighted by molar-refractivity contribution is -0.150. The maximum absolute atomic E-state index is 11.8. The smallest absolute Gasteiger partial charge is 0.330 e. The monoisotopic (exact) mass is 354 g/mol. The Kier molecular flexibility index (Phi) is 6.68. The molecule has 2 heterocycles. The Morgan fingerprint density at radius 2 is 2.12 bits per heavy atom. The van der Waals surface area contributed by atoms with E-state index in [9.17, 15) is 24.6 Å². The molecule has 1 aromatic rings. The summed E-state index contributed by atoms with van der Waals surface area (Å²) in [5.74, 6) is -0.448. The Hall–Kier alpha value is -2.23. The van der Waals surface area contributed by atoms with Crippen molar-refractivity contribution in [2.75, 3.05) is 6.61 Å². The molecule has 0 saturated carbocycles. The highest BCUT2D eigenvalue weighted by molar-refractivity contribution is 5.69. The van der Waals surface area contributed by atoms with E-state index in [-0.39, 0.29) is 13.0 Å². The summed E-state index contributed by atoms with van der Waals surface area (Å²) in [6.07, 6.45) is 1.73. The van der Waals surface area contributed by atoms with Gasteiger partial charge in [-0.1, -0.05) is 19.1 Å². The van der Waals surface area contributed by atoms with Crippen molar-refractivity contribution >= 4 is 5.97 Å². The molecular weight excluding hydrogens is 332 g/mol. The summed E-state index contributed by atoms with van der Waals surface area (Å²) in [5.41, 5.74) is -1.36.